The molecule has 33 heavy (non-hydrogen) atoms. The van der Waals surface area contributed by atoms with Gasteiger partial charge in [0.25, 0.3) is 0 Å². The Bertz CT molecular complexity index is 908. The third-order valence-electron chi connectivity index (χ3n) is 10.9. The van der Waals surface area contributed by atoms with Gasteiger partial charge in [0.05, 0.1) is 24.0 Å². The van der Waals surface area contributed by atoms with E-state index in [2.05, 4.69) is 34.6 Å². The summed E-state index contributed by atoms with van der Waals surface area (Å²) in [5, 5.41) is 0. The second kappa shape index (κ2) is 8.34. The Morgan fingerprint density at radius 1 is 1.18 bits per heavy atom. The molecule has 188 valence electrons. The zero-order valence-corrected chi connectivity index (χ0v) is 22.7. The van der Waals surface area contributed by atoms with E-state index in [1.165, 1.54) is 51.2 Å². The molecule has 0 bridgehead atoms. The van der Waals surface area contributed by atoms with E-state index >= 15 is 0 Å². The molecule has 1 spiro atoms. The molecule has 0 amide bonds. The van der Waals surface area contributed by atoms with Crippen LogP contribution < -0.4 is 0 Å². The summed E-state index contributed by atoms with van der Waals surface area (Å²) in [5.74, 6) is 3.04. The number of hydrogen-bond donors (Lipinski definition) is 0. The lowest BCUT2D eigenvalue weighted by Crippen LogP contribution is -2.53. The van der Waals surface area contributed by atoms with Crippen LogP contribution in [0.1, 0.15) is 98.8 Å². The zero-order chi connectivity index (χ0) is 23.8. The summed E-state index contributed by atoms with van der Waals surface area (Å²) >= 11 is 0. The molecule has 2 heterocycles. The van der Waals surface area contributed by atoms with Crippen molar-refractivity contribution in [3.63, 3.8) is 0 Å². The molecule has 3 aliphatic carbocycles. The van der Waals surface area contributed by atoms with Gasteiger partial charge in [-0.3, -0.25) is 0 Å². The highest BCUT2D eigenvalue weighted by molar-refractivity contribution is 7.88. The van der Waals surface area contributed by atoms with E-state index in [0.717, 1.165) is 37.0 Å². The molecule has 0 aromatic heterocycles. The van der Waals surface area contributed by atoms with E-state index in [1.54, 1.807) is 15.5 Å². The Morgan fingerprint density at radius 2 is 1.94 bits per heavy atom. The maximum atomic E-state index is 12.7. The maximum Gasteiger partial charge on any atom is 0.211 e. The Kier molecular flexibility index (Phi) is 6.14. The van der Waals surface area contributed by atoms with Crippen LogP contribution in [-0.4, -0.2) is 43.3 Å². The van der Waals surface area contributed by atoms with Crippen LogP contribution >= 0.6 is 0 Å². The van der Waals surface area contributed by atoms with Crippen molar-refractivity contribution in [2.24, 2.45) is 35.0 Å². The van der Waals surface area contributed by atoms with Gasteiger partial charge in [-0.2, -0.15) is 4.31 Å². The van der Waals surface area contributed by atoms with Gasteiger partial charge in [-0.25, -0.2) is 8.42 Å². The highest BCUT2D eigenvalue weighted by atomic mass is 32.2. The average molecular weight is 478 g/mol. The van der Waals surface area contributed by atoms with Gasteiger partial charge in [-0.05, 0) is 87.4 Å². The second-order valence-corrected chi connectivity index (χ2v) is 15.0. The van der Waals surface area contributed by atoms with Gasteiger partial charge in [-0.1, -0.05) is 51.7 Å². The van der Waals surface area contributed by atoms with Gasteiger partial charge < -0.3 is 4.74 Å². The molecule has 5 heteroatoms. The van der Waals surface area contributed by atoms with E-state index in [4.69, 9.17) is 4.74 Å². The average Bonchev–Trinajstić information content (AvgIpc) is 3.18. The summed E-state index contributed by atoms with van der Waals surface area (Å²) in [6.45, 7) is 12.4. The van der Waals surface area contributed by atoms with Crippen molar-refractivity contribution in [3.05, 3.63) is 11.1 Å². The minimum absolute atomic E-state index is 0.00205. The number of fused-ring (bicyclic) bond motifs is 4. The van der Waals surface area contributed by atoms with Crippen LogP contribution in [0, 0.1) is 35.0 Å². The minimum Gasteiger partial charge on any atom is -0.369 e. The minimum atomic E-state index is -3.23. The summed E-state index contributed by atoms with van der Waals surface area (Å²) in [5.41, 5.74) is 3.67. The van der Waals surface area contributed by atoms with E-state index in [1.807, 2.05) is 0 Å². The fourth-order valence-corrected chi connectivity index (χ4v) is 10.7. The Hall–Kier alpha value is -0.390. The first-order valence-corrected chi connectivity index (χ1v) is 15.7. The van der Waals surface area contributed by atoms with Crippen molar-refractivity contribution < 1.29 is 13.2 Å². The molecular weight excluding hydrogens is 430 g/mol. The molecule has 0 aromatic carbocycles. The Balaban J connectivity index is 1.45. The van der Waals surface area contributed by atoms with Crippen molar-refractivity contribution in [1.82, 2.24) is 4.31 Å². The highest BCUT2D eigenvalue weighted by Gasteiger charge is 2.59. The van der Waals surface area contributed by atoms with E-state index in [9.17, 15) is 8.42 Å². The molecule has 2 saturated heterocycles. The van der Waals surface area contributed by atoms with Crippen molar-refractivity contribution in [3.8, 4) is 0 Å². The van der Waals surface area contributed by atoms with E-state index < -0.39 is 10.0 Å². The van der Waals surface area contributed by atoms with Crippen LogP contribution in [0.4, 0.5) is 0 Å². The van der Waals surface area contributed by atoms with Crippen LogP contribution in [0.15, 0.2) is 11.1 Å². The van der Waals surface area contributed by atoms with Crippen LogP contribution in [0.2, 0.25) is 0 Å². The number of ether oxygens (including phenoxy) is 1. The smallest absolute Gasteiger partial charge is 0.211 e. The third-order valence-corrected chi connectivity index (χ3v) is 12.2. The lowest BCUT2D eigenvalue weighted by Gasteiger charge is -2.45. The van der Waals surface area contributed by atoms with Crippen molar-refractivity contribution in [2.75, 3.05) is 12.8 Å². The van der Waals surface area contributed by atoms with Gasteiger partial charge in [-0.15, -0.1) is 0 Å². The topological polar surface area (TPSA) is 46.6 Å². The number of rotatable bonds is 3. The summed E-state index contributed by atoms with van der Waals surface area (Å²) in [4.78, 5) is 0. The normalized spacial score (nSPS) is 48.5. The molecule has 9 atom stereocenters. The molecule has 2 saturated carbocycles. The number of hydrogen-bond acceptors (Lipinski definition) is 3. The number of nitrogens with zero attached hydrogens (tertiary/aromatic N) is 1. The molecule has 5 rings (SSSR count). The number of allylic oxidation sites excluding steroid dienone is 1. The fraction of sp³-hybridized carbons (Fsp3) is 0.929. The van der Waals surface area contributed by atoms with Gasteiger partial charge in [0.15, 0.2) is 0 Å². The molecular formula is C28H47NO3S. The zero-order valence-electron chi connectivity index (χ0n) is 21.9. The van der Waals surface area contributed by atoms with Crippen LogP contribution in [0.5, 0.6) is 0 Å². The van der Waals surface area contributed by atoms with Crippen LogP contribution in [-0.2, 0) is 14.8 Å². The molecule has 5 aliphatic rings. The number of sulfonamides is 1. The standard InChI is InChI=1S/C28H47NO3S/c1-7-11-27(5)12-8-9-22-21-10-13-28(16-19(3)23(21)15-24(22)27)20(4)26-25(32-28)14-18(2)17-29(26)33(6,30)31/h18,20-22,24-26H,7-17H2,1-6H3/t18-,20+,21-,22-,24-,25+,26-,27-,28-/m0/s1. The quantitative estimate of drug-likeness (QED) is 0.456. The molecule has 0 N–H and O–H groups in total. The van der Waals surface area contributed by atoms with Crippen LogP contribution in [0.3, 0.4) is 0 Å². The summed E-state index contributed by atoms with van der Waals surface area (Å²) in [7, 11) is -3.23. The molecule has 0 unspecified atom stereocenters. The summed E-state index contributed by atoms with van der Waals surface area (Å²) < 4.78 is 34.2. The van der Waals surface area contributed by atoms with Crippen molar-refractivity contribution in [1.29, 1.82) is 0 Å². The molecule has 4 fully saturated rings. The van der Waals surface area contributed by atoms with E-state index in [0.29, 0.717) is 17.9 Å². The van der Waals surface area contributed by atoms with Gasteiger partial charge in [0, 0.05) is 12.5 Å². The number of piperidine rings is 1. The molecule has 0 radical (unpaired) electrons. The lowest BCUT2D eigenvalue weighted by atomic mass is 9.60. The first-order valence-electron chi connectivity index (χ1n) is 13.8. The third kappa shape index (κ3) is 3.87. The molecule has 0 aromatic rings. The van der Waals surface area contributed by atoms with Crippen molar-refractivity contribution >= 4 is 10.0 Å². The fourth-order valence-electron chi connectivity index (χ4n) is 9.46. The molecule has 2 aliphatic heterocycles. The summed E-state index contributed by atoms with van der Waals surface area (Å²) in [6.07, 6.45) is 13.9. The van der Waals surface area contributed by atoms with Crippen LogP contribution in [0.25, 0.3) is 0 Å². The SMILES string of the molecule is CCC[C@@]1(C)CCC[C@H]2[C@@H]3CC[C@@]4(CC(C)=C3C[C@@H]21)O[C@@H]1C[C@H](C)CN(S(C)(=O)=O)[C@H]1[C@H]4C. The lowest BCUT2D eigenvalue weighted by molar-refractivity contribution is -0.0755. The Morgan fingerprint density at radius 3 is 2.64 bits per heavy atom. The van der Waals surface area contributed by atoms with Crippen molar-refractivity contribution in [2.45, 2.75) is 117 Å². The summed E-state index contributed by atoms with van der Waals surface area (Å²) in [6, 6.07) is 0.00205. The van der Waals surface area contributed by atoms with Gasteiger partial charge in [0.2, 0.25) is 10.0 Å². The van der Waals surface area contributed by atoms with E-state index in [-0.39, 0.29) is 23.7 Å². The van der Waals surface area contributed by atoms with Gasteiger partial charge in [0.1, 0.15) is 0 Å². The second-order valence-electron chi connectivity index (χ2n) is 13.1. The first-order chi connectivity index (χ1) is 15.5. The molecule has 4 nitrogen and oxygen atoms in total. The monoisotopic (exact) mass is 477 g/mol. The largest absolute Gasteiger partial charge is 0.369 e. The predicted octanol–water partition coefficient (Wildman–Crippen LogP) is 6.17. The first kappa shape index (κ1) is 24.3. The maximum absolute atomic E-state index is 12.7. The van der Waals surface area contributed by atoms with Gasteiger partial charge >= 0.3 is 0 Å². The predicted molar refractivity (Wildman–Crippen MR) is 134 cm³/mol. The Labute approximate surface area is 203 Å². The highest BCUT2D eigenvalue weighted by Crippen LogP contribution is 2.62.